The summed E-state index contributed by atoms with van der Waals surface area (Å²) in [5.41, 5.74) is 1.63. The molecule has 0 spiro atoms. The summed E-state index contributed by atoms with van der Waals surface area (Å²) < 4.78 is 0. The maximum atomic E-state index is 13.3. The van der Waals surface area contributed by atoms with E-state index in [0.717, 1.165) is 16.3 Å². The molecule has 0 fully saturated rings. The van der Waals surface area contributed by atoms with Crippen LogP contribution in [0.5, 0.6) is 0 Å². The topological polar surface area (TPSA) is 108 Å². The zero-order valence-electron chi connectivity index (χ0n) is 18.9. The van der Waals surface area contributed by atoms with Crippen molar-refractivity contribution in [2.45, 2.75) is 19.4 Å². The van der Waals surface area contributed by atoms with E-state index in [4.69, 9.17) is 11.6 Å². The van der Waals surface area contributed by atoms with Crippen LogP contribution in [0.4, 0.5) is 16.2 Å². The molecule has 3 aromatic rings. The lowest BCUT2D eigenvalue weighted by Gasteiger charge is -2.23. The fourth-order valence-electron chi connectivity index (χ4n) is 4.01. The predicted molar refractivity (Wildman–Crippen MR) is 138 cm³/mol. The molecule has 7 nitrogen and oxygen atoms in total. The summed E-state index contributed by atoms with van der Waals surface area (Å²) in [4.78, 5) is 38.1. The van der Waals surface area contributed by atoms with Gasteiger partial charge >= 0.3 is 12.0 Å². The van der Waals surface area contributed by atoms with Crippen LogP contribution >= 0.6 is 11.6 Å². The van der Waals surface area contributed by atoms with E-state index >= 15 is 0 Å². The van der Waals surface area contributed by atoms with E-state index in [1.165, 1.54) is 0 Å². The second kappa shape index (κ2) is 10.4. The van der Waals surface area contributed by atoms with E-state index in [0.29, 0.717) is 17.1 Å². The van der Waals surface area contributed by atoms with Crippen molar-refractivity contribution in [3.05, 3.63) is 95.1 Å². The first-order valence-corrected chi connectivity index (χ1v) is 11.4. The van der Waals surface area contributed by atoms with E-state index in [-0.39, 0.29) is 17.2 Å². The van der Waals surface area contributed by atoms with Gasteiger partial charge in [-0.15, -0.1) is 0 Å². The second-order valence-corrected chi connectivity index (χ2v) is 8.66. The van der Waals surface area contributed by atoms with Crippen molar-refractivity contribution in [2.75, 3.05) is 10.6 Å². The van der Waals surface area contributed by atoms with Crippen LogP contribution in [0.1, 0.15) is 22.3 Å². The highest BCUT2D eigenvalue weighted by Crippen LogP contribution is 2.28. The van der Waals surface area contributed by atoms with Crippen LogP contribution in [0.3, 0.4) is 0 Å². The van der Waals surface area contributed by atoms with Gasteiger partial charge in [-0.1, -0.05) is 72.3 Å². The Balaban J connectivity index is 1.64. The number of hydrogen-bond donors (Lipinski definition) is 4. The van der Waals surface area contributed by atoms with E-state index in [1.807, 2.05) is 49.4 Å². The fraction of sp³-hybridized carbons (Fsp3) is 0.148. The Bertz CT molecular complexity index is 1350. The summed E-state index contributed by atoms with van der Waals surface area (Å²) in [5, 5.41) is 19.8. The monoisotopic (exact) mass is 489 g/mol. The average Bonchev–Trinajstić information content (AvgIpc) is 2.84. The second-order valence-electron chi connectivity index (χ2n) is 8.26. The molecule has 0 radical (unpaired) electrons. The van der Waals surface area contributed by atoms with Crippen molar-refractivity contribution in [3.63, 3.8) is 0 Å². The largest absolute Gasteiger partial charge is 0.480 e. The number of fused-ring (bicyclic) bond motifs is 1. The number of para-hydroxylation sites is 1. The van der Waals surface area contributed by atoms with Gasteiger partial charge in [-0.3, -0.25) is 4.79 Å². The number of rotatable bonds is 6. The summed E-state index contributed by atoms with van der Waals surface area (Å²) in [6.45, 7) is 1.82. The number of hydrogen-bond acceptors (Lipinski definition) is 3. The van der Waals surface area contributed by atoms with E-state index in [2.05, 4.69) is 16.0 Å². The third-order valence-electron chi connectivity index (χ3n) is 5.83. The van der Waals surface area contributed by atoms with Crippen molar-refractivity contribution >= 4 is 51.7 Å². The first-order valence-electron chi connectivity index (χ1n) is 11.1. The first-order chi connectivity index (χ1) is 16.8. The minimum absolute atomic E-state index is 0.149. The maximum absolute atomic E-state index is 13.3. The maximum Gasteiger partial charge on any atom is 0.326 e. The molecule has 35 heavy (non-hydrogen) atoms. The molecule has 0 saturated heterocycles. The Kier molecular flexibility index (Phi) is 7.17. The SMILES string of the molecule is Cc1cccc(Cl)c1NC(=O)Nc1cc2ccccc2cc1C(=O)N[C@H](C(=O)O)[C@@H]1C=CC=CC1. The molecular formula is C27H24ClN3O4. The van der Waals surface area contributed by atoms with Crippen molar-refractivity contribution < 1.29 is 19.5 Å². The van der Waals surface area contributed by atoms with Gasteiger partial charge in [0.05, 0.1) is 22.0 Å². The van der Waals surface area contributed by atoms with Crippen molar-refractivity contribution in [1.29, 1.82) is 0 Å². The third-order valence-corrected chi connectivity index (χ3v) is 6.15. The van der Waals surface area contributed by atoms with Gasteiger partial charge in [0.25, 0.3) is 5.91 Å². The molecule has 1 aliphatic rings. The minimum Gasteiger partial charge on any atom is -0.480 e. The van der Waals surface area contributed by atoms with Gasteiger partial charge in [0.1, 0.15) is 6.04 Å². The smallest absolute Gasteiger partial charge is 0.326 e. The van der Waals surface area contributed by atoms with Crippen LogP contribution in [0, 0.1) is 12.8 Å². The normalized spacial score (nSPS) is 15.4. The van der Waals surface area contributed by atoms with Gasteiger partial charge in [-0.2, -0.15) is 0 Å². The molecule has 0 saturated carbocycles. The number of urea groups is 1. The van der Waals surface area contributed by atoms with Crippen LogP contribution < -0.4 is 16.0 Å². The highest BCUT2D eigenvalue weighted by atomic mass is 35.5. The molecule has 4 N–H and O–H groups in total. The number of allylic oxidation sites excluding steroid dienone is 3. The molecule has 2 atom stereocenters. The van der Waals surface area contributed by atoms with Gasteiger partial charge in [-0.05, 0) is 47.9 Å². The molecule has 178 valence electrons. The van der Waals surface area contributed by atoms with Crippen molar-refractivity contribution in [3.8, 4) is 0 Å². The molecule has 0 aromatic heterocycles. The van der Waals surface area contributed by atoms with Crippen LogP contribution in [-0.2, 0) is 4.79 Å². The van der Waals surface area contributed by atoms with Crippen LogP contribution in [0.25, 0.3) is 10.8 Å². The number of carbonyl (C=O) groups is 3. The highest BCUT2D eigenvalue weighted by Gasteiger charge is 2.29. The first kappa shape index (κ1) is 24.0. The average molecular weight is 490 g/mol. The van der Waals surface area contributed by atoms with E-state index < -0.39 is 23.9 Å². The summed E-state index contributed by atoms with van der Waals surface area (Å²) in [6, 6.07) is 14.3. The van der Waals surface area contributed by atoms with Gasteiger partial charge in [-0.25, -0.2) is 9.59 Å². The summed E-state index contributed by atoms with van der Waals surface area (Å²) in [7, 11) is 0. The predicted octanol–water partition coefficient (Wildman–Crippen LogP) is 5.76. The Labute approximate surface area is 207 Å². The number of carboxylic acid groups (broad SMARTS) is 1. The van der Waals surface area contributed by atoms with Crippen molar-refractivity contribution in [1.82, 2.24) is 5.32 Å². The lowest BCUT2D eigenvalue weighted by Crippen LogP contribution is -2.45. The fourth-order valence-corrected chi connectivity index (χ4v) is 4.28. The zero-order chi connectivity index (χ0) is 24.9. The number of carbonyl (C=O) groups excluding carboxylic acids is 2. The molecule has 3 aromatic carbocycles. The number of anilines is 2. The Morgan fingerprint density at radius 2 is 1.74 bits per heavy atom. The quantitative estimate of drug-likeness (QED) is 0.353. The molecule has 0 heterocycles. The summed E-state index contributed by atoms with van der Waals surface area (Å²) in [5.74, 6) is -2.12. The van der Waals surface area contributed by atoms with Gasteiger partial charge in [0, 0.05) is 5.92 Å². The minimum atomic E-state index is -1.13. The molecule has 0 aliphatic heterocycles. The summed E-state index contributed by atoms with van der Waals surface area (Å²) >= 11 is 6.22. The number of amides is 3. The zero-order valence-corrected chi connectivity index (χ0v) is 19.7. The third kappa shape index (κ3) is 5.53. The lowest BCUT2D eigenvalue weighted by atomic mass is 9.92. The molecule has 4 rings (SSSR count). The molecule has 1 aliphatic carbocycles. The number of nitrogens with one attached hydrogen (secondary N) is 3. The van der Waals surface area contributed by atoms with Crippen LogP contribution in [-0.4, -0.2) is 29.1 Å². The molecule has 0 unspecified atom stereocenters. The Hall–Kier alpha value is -4.10. The lowest BCUT2D eigenvalue weighted by molar-refractivity contribution is -0.140. The Morgan fingerprint density at radius 3 is 2.40 bits per heavy atom. The standard InChI is InChI=1S/C27H24ClN3O4/c1-16-8-7-13-21(28)23(16)31-27(35)29-22-15-19-12-6-5-11-18(19)14-20(22)25(32)30-24(26(33)34)17-9-3-2-4-10-17/h2-9,11-15,17,24H,10H2,1H3,(H,30,32)(H,33,34)(H2,29,31,35)/t17-,24+/m1/s1. The Morgan fingerprint density at radius 1 is 1.00 bits per heavy atom. The molecular weight excluding hydrogens is 466 g/mol. The number of halogens is 1. The number of carboxylic acids is 1. The van der Waals surface area contributed by atoms with Gasteiger partial charge in [0.15, 0.2) is 0 Å². The number of benzene rings is 3. The molecule has 8 heteroatoms. The van der Waals surface area contributed by atoms with Crippen LogP contribution in [0.15, 0.2) is 78.9 Å². The van der Waals surface area contributed by atoms with Gasteiger partial charge in [0.2, 0.25) is 0 Å². The summed E-state index contributed by atoms with van der Waals surface area (Å²) in [6.07, 6.45) is 7.72. The highest BCUT2D eigenvalue weighted by molar-refractivity contribution is 6.34. The number of aryl methyl sites for hydroxylation is 1. The van der Waals surface area contributed by atoms with Crippen molar-refractivity contribution in [2.24, 2.45) is 5.92 Å². The van der Waals surface area contributed by atoms with E-state index in [9.17, 15) is 19.5 Å². The van der Waals surface area contributed by atoms with Crippen LogP contribution in [0.2, 0.25) is 5.02 Å². The van der Waals surface area contributed by atoms with E-state index in [1.54, 1.807) is 36.4 Å². The molecule has 3 amide bonds. The molecule has 0 bridgehead atoms. The van der Waals surface area contributed by atoms with Gasteiger partial charge < -0.3 is 21.1 Å². The number of aliphatic carboxylic acids is 1.